The van der Waals surface area contributed by atoms with E-state index in [0.29, 0.717) is 11.6 Å². The third-order valence-corrected chi connectivity index (χ3v) is 4.83. The molecule has 3 nitrogen and oxygen atoms in total. The highest BCUT2D eigenvalue weighted by molar-refractivity contribution is 7.92. The average molecular weight is 262 g/mol. The molecule has 1 aromatic rings. The Morgan fingerprint density at radius 2 is 1.94 bits per heavy atom. The molecule has 1 N–H and O–H groups in total. The van der Waals surface area contributed by atoms with Crippen molar-refractivity contribution >= 4 is 27.1 Å². The van der Waals surface area contributed by atoms with Crippen LogP contribution in [0.15, 0.2) is 24.3 Å². The molecule has 0 radical (unpaired) electrons. The van der Waals surface area contributed by atoms with Crippen LogP contribution in [0.25, 0.3) is 0 Å². The quantitative estimate of drug-likeness (QED) is 0.886. The molecule has 1 rings (SSSR count). The summed E-state index contributed by atoms with van der Waals surface area (Å²) < 4.78 is 23.1. The molecule has 0 bridgehead atoms. The Morgan fingerprint density at radius 1 is 1.31 bits per heavy atom. The first kappa shape index (κ1) is 13.3. The standard InChI is InChI=1S/C11H16ClNO2S/c1-9(2)16(14,15)8-7-13-11-6-4-3-5-10(11)12/h3-6,9,13H,7-8H2,1-2H3. The topological polar surface area (TPSA) is 46.2 Å². The van der Waals surface area contributed by atoms with Crippen molar-refractivity contribution in [2.75, 3.05) is 17.6 Å². The Bertz CT molecular complexity index is 443. The molecule has 0 saturated carbocycles. The monoisotopic (exact) mass is 261 g/mol. The van der Waals surface area contributed by atoms with Gasteiger partial charge < -0.3 is 5.32 Å². The van der Waals surface area contributed by atoms with Crippen LogP contribution in [0.4, 0.5) is 5.69 Å². The second-order valence-electron chi connectivity index (χ2n) is 3.82. The van der Waals surface area contributed by atoms with E-state index in [1.807, 2.05) is 18.2 Å². The molecule has 16 heavy (non-hydrogen) atoms. The van der Waals surface area contributed by atoms with Gasteiger partial charge in [-0.3, -0.25) is 0 Å². The van der Waals surface area contributed by atoms with Crippen LogP contribution >= 0.6 is 11.6 Å². The molecular formula is C11H16ClNO2S. The molecule has 0 aliphatic rings. The van der Waals surface area contributed by atoms with E-state index in [0.717, 1.165) is 5.69 Å². The van der Waals surface area contributed by atoms with Gasteiger partial charge in [0, 0.05) is 6.54 Å². The molecule has 0 saturated heterocycles. The fraction of sp³-hybridized carbons (Fsp3) is 0.455. The lowest BCUT2D eigenvalue weighted by Gasteiger charge is -2.10. The van der Waals surface area contributed by atoms with Crippen molar-refractivity contribution in [3.63, 3.8) is 0 Å². The Morgan fingerprint density at radius 3 is 2.50 bits per heavy atom. The lowest BCUT2D eigenvalue weighted by atomic mass is 10.3. The Balaban J connectivity index is 2.52. The van der Waals surface area contributed by atoms with Gasteiger partial charge in [0.1, 0.15) is 0 Å². The summed E-state index contributed by atoms with van der Waals surface area (Å²) in [5.74, 6) is 0.121. The average Bonchev–Trinajstić information content (AvgIpc) is 2.20. The summed E-state index contributed by atoms with van der Waals surface area (Å²) >= 11 is 5.92. The van der Waals surface area contributed by atoms with E-state index in [1.54, 1.807) is 19.9 Å². The predicted molar refractivity (Wildman–Crippen MR) is 68.9 cm³/mol. The first-order valence-electron chi connectivity index (χ1n) is 5.13. The SMILES string of the molecule is CC(C)S(=O)(=O)CCNc1ccccc1Cl. The second kappa shape index (κ2) is 5.55. The number of sulfone groups is 1. The number of hydrogen-bond acceptors (Lipinski definition) is 3. The van der Waals surface area contributed by atoms with Gasteiger partial charge in [0.15, 0.2) is 9.84 Å². The van der Waals surface area contributed by atoms with Crippen molar-refractivity contribution in [2.24, 2.45) is 0 Å². The predicted octanol–water partition coefficient (Wildman–Crippen LogP) is 2.58. The van der Waals surface area contributed by atoms with E-state index in [1.165, 1.54) is 0 Å². The highest BCUT2D eigenvalue weighted by atomic mass is 35.5. The molecule has 0 aromatic heterocycles. The lowest BCUT2D eigenvalue weighted by molar-refractivity contribution is 0.588. The van der Waals surface area contributed by atoms with E-state index < -0.39 is 9.84 Å². The summed E-state index contributed by atoms with van der Waals surface area (Å²) in [6.07, 6.45) is 0. The Kier molecular flexibility index (Phi) is 4.62. The number of rotatable bonds is 5. The molecule has 0 atom stereocenters. The maximum absolute atomic E-state index is 11.5. The summed E-state index contributed by atoms with van der Waals surface area (Å²) in [7, 11) is -2.99. The third-order valence-electron chi connectivity index (χ3n) is 2.29. The minimum Gasteiger partial charge on any atom is -0.383 e. The normalized spacial score (nSPS) is 11.8. The summed E-state index contributed by atoms with van der Waals surface area (Å²) in [6, 6.07) is 7.27. The molecular weight excluding hydrogens is 246 g/mol. The summed E-state index contributed by atoms with van der Waals surface area (Å²) in [5, 5.41) is 3.28. The molecule has 5 heteroatoms. The maximum atomic E-state index is 11.5. The maximum Gasteiger partial charge on any atom is 0.154 e. The summed E-state index contributed by atoms with van der Waals surface area (Å²) in [4.78, 5) is 0. The molecule has 0 aliphatic carbocycles. The van der Waals surface area contributed by atoms with Gasteiger partial charge in [-0.25, -0.2) is 8.42 Å². The molecule has 1 aromatic carbocycles. The van der Waals surface area contributed by atoms with Crippen LogP contribution in [-0.2, 0) is 9.84 Å². The first-order valence-corrected chi connectivity index (χ1v) is 7.23. The van der Waals surface area contributed by atoms with Crippen molar-refractivity contribution in [3.8, 4) is 0 Å². The Labute approximate surface area is 102 Å². The highest BCUT2D eigenvalue weighted by Gasteiger charge is 2.15. The van der Waals surface area contributed by atoms with Crippen LogP contribution in [0, 0.1) is 0 Å². The smallest absolute Gasteiger partial charge is 0.154 e. The zero-order valence-electron chi connectivity index (χ0n) is 9.40. The molecule has 0 fully saturated rings. The lowest BCUT2D eigenvalue weighted by Crippen LogP contribution is -2.22. The van der Waals surface area contributed by atoms with Crippen LogP contribution in [0.1, 0.15) is 13.8 Å². The molecule has 0 spiro atoms. The fourth-order valence-corrected chi connectivity index (χ4v) is 2.23. The number of benzene rings is 1. The zero-order valence-corrected chi connectivity index (χ0v) is 11.0. The van der Waals surface area contributed by atoms with Crippen molar-refractivity contribution in [1.82, 2.24) is 0 Å². The van der Waals surface area contributed by atoms with Gasteiger partial charge in [0.25, 0.3) is 0 Å². The second-order valence-corrected chi connectivity index (χ2v) is 6.91. The van der Waals surface area contributed by atoms with Crippen molar-refractivity contribution < 1.29 is 8.42 Å². The zero-order chi connectivity index (χ0) is 12.2. The minimum absolute atomic E-state index is 0.121. The van der Waals surface area contributed by atoms with E-state index in [-0.39, 0.29) is 11.0 Å². The highest BCUT2D eigenvalue weighted by Crippen LogP contribution is 2.20. The minimum atomic E-state index is -2.99. The number of hydrogen-bond donors (Lipinski definition) is 1. The molecule has 0 heterocycles. The first-order chi connectivity index (χ1) is 7.43. The van der Waals surface area contributed by atoms with Gasteiger partial charge in [0.05, 0.1) is 21.7 Å². The van der Waals surface area contributed by atoms with Crippen LogP contribution < -0.4 is 5.32 Å². The van der Waals surface area contributed by atoms with E-state index in [9.17, 15) is 8.42 Å². The molecule has 0 aliphatic heterocycles. The Hall–Kier alpha value is -0.740. The number of nitrogens with one attached hydrogen (secondary N) is 1. The van der Waals surface area contributed by atoms with Gasteiger partial charge >= 0.3 is 0 Å². The number of para-hydroxylation sites is 1. The molecule has 0 amide bonds. The van der Waals surface area contributed by atoms with Gasteiger partial charge in [-0.1, -0.05) is 23.7 Å². The van der Waals surface area contributed by atoms with Gasteiger partial charge in [-0.15, -0.1) is 0 Å². The number of halogens is 1. The van der Waals surface area contributed by atoms with E-state index >= 15 is 0 Å². The van der Waals surface area contributed by atoms with Crippen LogP contribution in [0.2, 0.25) is 5.02 Å². The van der Waals surface area contributed by atoms with E-state index in [2.05, 4.69) is 5.32 Å². The van der Waals surface area contributed by atoms with Gasteiger partial charge in [-0.2, -0.15) is 0 Å². The van der Waals surface area contributed by atoms with Gasteiger partial charge in [0.2, 0.25) is 0 Å². The van der Waals surface area contributed by atoms with Crippen molar-refractivity contribution in [3.05, 3.63) is 29.3 Å². The summed E-state index contributed by atoms with van der Waals surface area (Å²) in [6.45, 7) is 3.75. The summed E-state index contributed by atoms with van der Waals surface area (Å²) in [5.41, 5.74) is 0.767. The van der Waals surface area contributed by atoms with Crippen LogP contribution in [0.3, 0.4) is 0 Å². The van der Waals surface area contributed by atoms with Crippen molar-refractivity contribution in [1.29, 1.82) is 0 Å². The van der Waals surface area contributed by atoms with E-state index in [4.69, 9.17) is 11.6 Å². The molecule has 90 valence electrons. The van der Waals surface area contributed by atoms with Gasteiger partial charge in [-0.05, 0) is 26.0 Å². The van der Waals surface area contributed by atoms with Crippen LogP contribution in [-0.4, -0.2) is 26.0 Å². The van der Waals surface area contributed by atoms with Crippen LogP contribution in [0.5, 0.6) is 0 Å². The van der Waals surface area contributed by atoms with Crippen molar-refractivity contribution in [2.45, 2.75) is 19.1 Å². The largest absolute Gasteiger partial charge is 0.383 e. The molecule has 0 unspecified atom stereocenters. The fourth-order valence-electron chi connectivity index (χ4n) is 1.17. The third kappa shape index (κ3) is 3.68. The number of anilines is 1.